The van der Waals surface area contributed by atoms with Crippen LogP contribution in [0.5, 0.6) is 51.7 Å². The molecule has 1 aliphatic carbocycles. The molecule has 0 amide bonds. The number of benzene rings is 3. The number of carboxylic acid groups (broad SMARTS) is 1. The largest absolute Gasteiger partial charge is 0.504 e. The molecule has 0 bridgehead atoms. The molecule has 0 aliphatic heterocycles. The van der Waals surface area contributed by atoms with E-state index in [1.165, 1.54) is 0 Å². The van der Waals surface area contributed by atoms with Crippen LogP contribution in [0.4, 0.5) is 0 Å². The summed E-state index contributed by atoms with van der Waals surface area (Å²) in [5.41, 5.74) is -4.71. The van der Waals surface area contributed by atoms with E-state index in [1.807, 2.05) is 0 Å². The standard InChI is InChI=1S/C28H24O18/c29-12-1-9(2-13(30)20(12)35)24(38)44-18-7-28(43,27(41)42)8-19(45-25(39)10-3-14(31)21(36)15(32)4-10)23(18)46-26(40)11-5-16(33)22(37)17(34)6-11/h1-6,18-19,23,29-37,43H,7-8H2,(H,41,42)/t18-,19-,23-,28+/m1/s1. The van der Waals surface area contributed by atoms with Crippen LogP contribution in [0.25, 0.3) is 0 Å². The molecule has 0 spiro atoms. The molecule has 1 fully saturated rings. The van der Waals surface area contributed by atoms with Gasteiger partial charge in [-0.05, 0) is 36.4 Å². The van der Waals surface area contributed by atoms with Crippen molar-refractivity contribution >= 4 is 23.9 Å². The zero-order valence-electron chi connectivity index (χ0n) is 22.9. The third-order valence-corrected chi connectivity index (χ3v) is 6.88. The van der Waals surface area contributed by atoms with Crippen LogP contribution in [0, 0.1) is 0 Å². The van der Waals surface area contributed by atoms with Gasteiger partial charge in [0.05, 0.1) is 16.7 Å². The summed E-state index contributed by atoms with van der Waals surface area (Å²) in [6.07, 6.45) is -8.07. The Kier molecular flexibility index (Phi) is 8.51. The minimum absolute atomic E-state index is 0.621. The van der Waals surface area contributed by atoms with E-state index in [2.05, 4.69) is 0 Å². The van der Waals surface area contributed by atoms with Crippen molar-refractivity contribution in [3.8, 4) is 51.7 Å². The first-order valence-electron chi connectivity index (χ1n) is 12.8. The summed E-state index contributed by atoms with van der Waals surface area (Å²) in [6, 6.07) is 3.89. The maximum Gasteiger partial charge on any atom is 0.338 e. The molecule has 0 heterocycles. The smallest absolute Gasteiger partial charge is 0.338 e. The molecule has 3 aromatic rings. The van der Waals surface area contributed by atoms with Crippen LogP contribution in [-0.4, -0.2) is 104 Å². The van der Waals surface area contributed by atoms with Gasteiger partial charge in [-0.25, -0.2) is 19.2 Å². The topological polar surface area (TPSA) is 318 Å². The third kappa shape index (κ3) is 6.31. The Labute approximate surface area is 255 Å². The average molecular weight is 648 g/mol. The van der Waals surface area contributed by atoms with Crippen molar-refractivity contribution in [3.63, 3.8) is 0 Å². The number of carbonyl (C=O) groups is 4. The lowest BCUT2D eigenvalue weighted by Crippen LogP contribution is -2.59. The zero-order valence-corrected chi connectivity index (χ0v) is 22.9. The highest BCUT2D eigenvalue weighted by Gasteiger charge is 2.55. The molecule has 0 aromatic heterocycles. The number of carbonyl (C=O) groups excluding carboxylic acids is 3. The SMILES string of the molecule is O=C(O[C@@H]1C[C@](O)(C(=O)O)C[C@@H](OC(=O)c2cc(O)c(O)c(O)c2)[C@H]1OC(=O)c1cc(O)c(O)c(O)c1)c1cc(O)c(O)c(O)c1. The van der Waals surface area contributed by atoms with E-state index in [4.69, 9.17) is 14.2 Å². The summed E-state index contributed by atoms with van der Waals surface area (Å²) in [5, 5.41) is 108. The molecule has 1 aliphatic rings. The summed E-state index contributed by atoms with van der Waals surface area (Å²) in [6.45, 7) is 0. The number of aliphatic hydroxyl groups is 1. The number of aliphatic carboxylic acids is 1. The highest BCUT2D eigenvalue weighted by Crippen LogP contribution is 2.40. The van der Waals surface area contributed by atoms with Crippen LogP contribution in [-0.2, 0) is 19.0 Å². The third-order valence-electron chi connectivity index (χ3n) is 6.88. The molecule has 0 unspecified atom stereocenters. The van der Waals surface area contributed by atoms with E-state index in [1.54, 1.807) is 0 Å². The minimum atomic E-state index is -2.84. The first-order chi connectivity index (χ1) is 21.4. The van der Waals surface area contributed by atoms with E-state index in [0.717, 1.165) is 0 Å². The summed E-state index contributed by atoms with van der Waals surface area (Å²) in [5.74, 6) is -15.1. The Morgan fingerprint density at radius 1 is 0.522 bits per heavy atom. The van der Waals surface area contributed by atoms with E-state index in [9.17, 15) is 75.3 Å². The second-order valence-electron chi connectivity index (χ2n) is 10.1. The van der Waals surface area contributed by atoms with E-state index in [-0.39, 0.29) is 0 Å². The van der Waals surface area contributed by atoms with E-state index >= 15 is 0 Å². The number of ether oxygens (including phenoxy) is 3. The van der Waals surface area contributed by atoms with Gasteiger partial charge in [0.2, 0.25) is 0 Å². The van der Waals surface area contributed by atoms with Crippen molar-refractivity contribution in [3.05, 3.63) is 53.1 Å². The van der Waals surface area contributed by atoms with Crippen molar-refractivity contribution < 1.29 is 89.6 Å². The lowest BCUT2D eigenvalue weighted by atomic mass is 9.79. The fraction of sp³-hybridized carbons (Fsp3) is 0.214. The van der Waals surface area contributed by atoms with Gasteiger partial charge in [-0.15, -0.1) is 0 Å². The quantitative estimate of drug-likeness (QED) is 0.0950. The number of carboxylic acids is 1. The first kappa shape index (κ1) is 32.6. The Morgan fingerprint density at radius 3 is 1.04 bits per heavy atom. The summed E-state index contributed by atoms with van der Waals surface area (Å²) in [7, 11) is 0. The van der Waals surface area contributed by atoms with Gasteiger partial charge in [-0.2, -0.15) is 0 Å². The van der Waals surface area contributed by atoms with Gasteiger partial charge >= 0.3 is 23.9 Å². The van der Waals surface area contributed by atoms with Gasteiger partial charge in [0, 0.05) is 12.8 Å². The van der Waals surface area contributed by atoms with Crippen molar-refractivity contribution in [2.24, 2.45) is 0 Å². The Balaban J connectivity index is 1.77. The minimum Gasteiger partial charge on any atom is -0.504 e. The summed E-state index contributed by atoms with van der Waals surface area (Å²) < 4.78 is 15.9. The predicted molar refractivity (Wildman–Crippen MR) is 144 cm³/mol. The maximum absolute atomic E-state index is 13.1. The molecule has 11 N–H and O–H groups in total. The molecule has 1 saturated carbocycles. The number of esters is 3. The lowest BCUT2D eigenvalue weighted by molar-refractivity contribution is -0.188. The molecule has 244 valence electrons. The highest BCUT2D eigenvalue weighted by atomic mass is 16.6. The molecule has 4 rings (SSSR count). The highest BCUT2D eigenvalue weighted by molar-refractivity contribution is 5.93. The van der Waals surface area contributed by atoms with Crippen LogP contribution >= 0.6 is 0 Å². The summed E-state index contributed by atoms with van der Waals surface area (Å²) in [4.78, 5) is 51.2. The molecule has 0 radical (unpaired) electrons. The number of rotatable bonds is 7. The Hall–Kier alpha value is -6.30. The van der Waals surface area contributed by atoms with Gasteiger partial charge in [-0.1, -0.05) is 0 Å². The zero-order chi connectivity index (χ0) is 34.2. The number of hydrogen-bond donors (Lipinski definition) is 11. The molecule has 46 heavy (non-hydrogen) atoms. The Bertz CT molecular complexity index is 1600. The van der Waals surface area contributed by atoms with Gasteiger partial charge in [0.25, 0.3) is 0 Å². The molecule has 18 nitrogen and oxygen atoms in total. The maximum atomic E-state index is 13.1. The van der Waals surface area contributed by atoms with Crippen molar-refractivity contribution in [2.75, 3.05) is 0 Å². The van der Waals surface area contributed by atoms with Crippen LogP contribution in [0.15, 0.2) is 36.4 Å². The normalized spacial score (nSPS) is 20.8. The molecule has 3 aromatic carbocycles. The first-order valence-corrected chi connectivity index (χ1v) is 12.8. The molecule has 0 saturated heterocycles. The van der Waals surface area contributed by atoms with Gasteiger partial charge in [-0.3, -0.25) is 0 Å². The van der Waals surface area contributed by atoms with Crippen molar-refractivity contribution in [2.45, 2.75) is 36.8 Å². The monoisotopic (exact) mass is 648 g/mol. The fourth-order valence-corrected chi connectivity index (χ4v) is 4.53. The molecular weight excluding hydrogens is 624 g/mol. The lowest BCUT2D eigenvalue weighted by Gasteiger charge is -2.42. The van der Waals surface area contributed by atoms with Crippen molar-refractivity contribution in [1.82, 2.24) is 0 Å². The number of phenolic OH excluding ortho intramolecular Hbond substituents is 9. The van der Waals surface area contributed by atoms with Gasteiger partial charge in [0.1, 0.15) is 12.2 Å². The van der Waals surface area contributed by atoms with E-state index < -0.39 is 129 Å². The second kappa shape index (κ2) is 12.0. The molecular formula is C28H24O18. The number of phenols is 9. The van der Waals surface area contributed by atoms with Crippen molar-refractivity contribution in [1.29, 1.82) is 0 Å². The van der Waals surface area contributed by atoms with Crippen LogP contribution in [0.1, 0.15) is 43.9 Å². The van der Waals surface area contributed by atoms with E-state index in [0.29, 0.717) is 36.4 Å². The predicted octanol–water partition coefficient (Wildman–Crippen LogP) is 0.623. The Morgan fingerprint density at radius 2 is 0.783 bits per heavy atom. The van der Waals surface area contributed by atoms with Crippen LogP contribution < -0.4 is 0 Å². The number of aromatic hydroxyl groups is 9. The number of hydrogen-bond acceptors (Lipinski definition) is 17. The van der Waals surface area contributed by atoms with Crippen LogP contribution in [0.2, 0.25) is 0 Å². The second-order valence-corrected chi connectivity index (χ2v) is 10.1. The molecule has 18 heteroatoms. The van der Waals surface area contributed by atoms with Gasteiger partial charge < -0.3 is 70.4 Å². The van der Waals surface area contributed by atoms with Gasteiger partial charge in [0.15, 0.2) is 63.5 Å². The summed E-state index contributed by atoms with van der Waals surface area (Å²) >= 11 is 0. The van der Waals surface area contributed by atoms with Crippen LogP contribution in [0.3, 0.4) is 0 Å². The average Bonchev–Trinajstić information content (AvgIpc) is 2.97. The molecule has 2 atom stereocenters. The fourth-order valence-electron chi connectivity index (χ4n) is 4.53.